The van der Waals surface area contributed by atoms with E-state index < -0.39 is 0 Å². The Morgan fingerprint density at radius 3 is 3.12 bits per heavy atom. The van der Waals surface area contributed by atoms with Crippen molar-refractivity contribution in [1.82, 2.24) is 0 Å². The van der Waals surface area contributed by atoms with Crippen molar-refractivity contribution in [1.29, 1.82) is 0 Å². The Morgan fingerprint density at radius 2 is 2.25 bits per heavy atom. The molecule has 1 atom stereocenters. The molecule has 1 nitrogen and oxygen atoms in total. The van der Waals surface area contributed by atoms with E-state index in [-0.39, 0.29) is 0 Å². The average molecular weight is 214 g/mol. The second-order valence-corrected chi connectivity index (χ2v) is 5.56. The standard InChI is InChI=1S/C15H18O/c1-15(2)8-3-4-12-10-14-11(7-9-16-14)5-6-13(12)15/h3-4,7-9,13H,5-6,10H2,1-2H3/t13-/m0/s1. The zero-order valence-electron chi connectivity index (χ0n) is 9.99. The summed E-state index contributed by atoms with van der Waals surface area (Å²) in [5, 5.41) is 0. The molecule has 0 amide bonds. The van der Waals surface area contributed by atoms with Gasteiger partial charge in [-0.2, -0.15) is 0 Å². The molecule has 0 N–H and O–H groups in total. The SMILES string of the molecule is CC1(C)C=CC=C2Cc3occc3CC[C@@H]21. The minimum absolute atomic E-state index is 0.299. The van der Waals surface area contributed by atoms with Crippen molar-refractivity contribution in [2.24, 2.45) is 11.3 Å². The fraction of sp³-hybridized carbons (Fsp3) is 0.467. The van der Waals surface area contributed by atoms with E-state index in [4.69, 9.17) is 4.42 Å². The summed E-state index contributed by atoms with van der Waals surface area (Å²) in [6, 6.07) is 2.13. The Balaban J connectivity index is 2.00. The smallest absolute Gasteiger partial charge is 0.110 e. The molecule has 1 heterocycles. The molecule has 0 spiro atoms. The summed E-state index contributed by atoms with van der Waals surface area (Å²) in [4.78, 5) is 0. The summed E-state index contributed by atoms with van der Waals surface area (Å²) in [5.41, 5.74) is 3.25. The summed E-state index contributed by atoms with van der Waals surface area (Å²) in [5.74, 6) is 1.86. The summed E-state index contributed by atoms with van der Waals surface area (Å²) in [6.07, 6.45) is 12.1. The highest BCUT2D eigenvalue weighted by molar-refractivity contribution is 5.33. The van der Waals surface area contributed by atoms with Gasteiger partial charge in [0.25, 0.3) is 0 Å². The molecule has 0 saturated carbocycles. The quantitative estimate of drug-likeness (QED) is 0.638. The molecule has 0 saturated heterocycles. The molecule has 1 heteroatoms. The van der Waals surface area contributed by atoms with E-state index in [1.165, 1.54) is 17.7 Å². The van der Waals surface area contributed by atoms with Gasteiger partial charge in [-0.3, -0.25) is 0 Å². The van der Waals surface area contributed by atoms with E-state index in [2.05, 4.69) is 38.1 Å². The normalized spacial score (nSPS) is 26.6. The molecule has 3 rings (SSSR count). The van der Waals surface area contributed by atoms with Crippen LogP contribution in [0.1, 0.15) is 31.6 Å². The van der Waals surface area contributed by atoms with E-state index >= 15 is 0 Å². The minimum atomic E-state index is 0.299. The van der Waals surface area contributed by atoms with Crippen LogP contribution in [0.5, 0.6) is 0 Å². The topological polar surface area (TPSA) is 13.1 Å². The Bertz CT molecular complexity index is 460. The predicted octanol–water partition coefficient (Wildman–Crippen LogP) is 3.91. The van der Waals surface area contributed by atoms with Crippen LogP contribution in [-0.2, 0) is 12.8 Å². The van der Waals surface area contributed by atoms with Crippen LogP contribution >= 0.6 is 0 Å². The van der Waals surface area contributed by atoms with Gasteiger partial charge in [0.1, 0.15) is 5.76 Å². The first-order valence-corrected chi connectivity index (χ1v) is 6.10. The highest BCUT2D eigenvalue weighted by Gasteiger charge is 2.34. The van der Waals surface area contributed by atoms with E-state index in [0.717, 1.165) is 12.8 Å². The third-order valence-electron chi connectivity index (χ3n) is 4.09. The summed E-state index contributed by atoms with van der Waals surface area (Å²) < 4.78 is 5.59. The van der Waals surface area contributed by atoms with Crippen LogP contribution in [0, 0.1) is 11.3 Å². The number of hydrogen-bond donors (Lipinski definition) is 0. The lowest BCUT2D eigenvalue weighted by molar-refractivity contribution is 0.303. The third-order valence-corrected chi connectivity index (χ3v) is 4.09. The molecule has 1 aromatic rings. The first-order valence-electron chi connectivity index (χ1n) is 6.10. The highest BCUT2D eigenvalue weighted by atomic mass is 16.3. The van der Waals surface area contributed by atoms with Crippen LogP contribution in [0.15, 0.2) is 40.5 Å². The summed E-state index contributed by atoms with van der Waals surface area (Å²) in [7, 11) is 0. The molecule has 0 radical (unpaired) electrons. The van der Waals surface area contributed by atoms with E-state index in [1.54, 1.807) is 5.57 Å². The molecule has 0 bridgehead atoms. The van der Waals surface area contributed by atoms with Gasteiger partial charge in [-0.25, -0.2) is 0 Å². The molecule has 0 unspecified atom stereocenters. The Hall–Kier alpha value is -1.24. The van der Waals surface area contributed by atoms with Gasteiger partial charge >= 0.3 is 0 Å². The second-order valence-electron chi connectivity index (χ2n) is 5.56. The maximum atomic E-state index is 5.59. The van der Waals surface area contributed by atoms with Crippen LogP contribution in [-0.4, -0.2) is 0 Å². The highest BCUT2D eigenvalue weighted by Crippen LogP contribution is 2.43. The second kappa shape index (κ2) is 3.38. The van der Waals surface area contributed by atoms with Crippen LogP contribution in [0.25, 0.3) is 0 Å². The van der Waals surface area contributed by atoms with Crippen molar-refractivity contribution in [3.63, 3.8) is 0 Å². The Labute approximate surface area is 96.8 Å². The lowest BCUT2D eigenvalue weighted by Crippen LogP contribution is -2.26. The number of fused-ring (bicyclic) bond motifs is 2. The summed E-state index contributed by atoms with van der Waals surface area (Å²) in [6.45, 7) is 4.68. The monoisotopic (exact) mass is 214 g/mol. The van der Waals surface area contributed by atoms with Crippen LogP contribution in [0.4, 0.5) is 0 Å². The van der Waals surface area contributed by atoms with E-state index in [1.807, 2.05) is 6.26 Å². The van der Waals surface area contributed by atoms with Crippen LogP contribution in [0.3, 0.4) is 0 Å². The van der Waals surface area contributed by atoms with Gasteiger partial charge in [0.2, 0.25) is 0 Å². The van der Waals surface area contributed by atoms with Gasteiger partial charge in [0.15, 0.2) is 0 Å². The van der Waals surface area contributed by atoms with Gasteiger partial charge < -0.3 is 4.42 Å². The lowest BCUT2D eigenvalue weighted by Gasteiger charge is -2.35. The molecule has 84 valence electrons. The molecular formula is C15H18O. The van der Waals surface area contributed by atoms with Gasteiger partial charge in [-0.1, -0.05) is 37.6 Å². The molecule has 0 fully saturated rings. The van der Waals surface area contributed by atoms with Crippen LogP contribution < -0.4 is 0 Å². The molecule has 0 aromatic carbocycles. The lowest BCUT2D eigenvalue weighted by atomic mass is 9.70. The summed E-state index contributed by atoms with van der Waals surface area (Å²) >= 11 is 0. The molecule has 2 aliphatic rings. The van der Waals surface area contributed by atoms with Gasteiger partial charge in [-0.15, -0.1) is 0 Å². The third kappa shape index (κ3) is 1.46. The van der Waals surface area contributed by atoms with E-state index in [0.29, 0.717) is 11.3 Å². The molecule has 0 aliphatic heterocycles. The fourth-order valence-corrected chi connectivity index (χ4v) is 3.10. The molecule has 2 aliphatic carbocycles. The van der Waals surface area contributed by atoms with E-state index in [9.17, 15) is 0 Å². The molecular weight excluding hydrogens is 196 g/mol. The fourth-order valence-electron chi connectivity index (χ4n) is 3.10. The zero-order chi connectivity index (χ0) is 11.2. The molecule has 16 heavy (non-hydrogen) atoms. The van der Waals surface area contributed by atoms with Crippen molar-refractivity contribution >= 4 is 0 Å². The number of aryl methyl sites for hydroxylation is 1. The van der Waals surface area contributed by atoms with Gasteiger partial charge in [0, 0.05) is 6.42 Å². The number of furan rings is 1. The number of hydrogen-bond acceptors (Lipinski definition) is 1. The first kappa shape index (κ1) is 9.95. The van der Waals surface area contributed by atoms with Gasteiger partial charge in [-0.05, 0) is 35.8 Å². The maximum Gasteiger partial charge on any atom is 0.110 e. The molecule has 1 aromatic heterocycles. The van der Waals surface area contributed by atoms with Crippen molar-refractivity contribution < 1.29 is 4.42 Å². The van der Waals surface area contributed by atoms with Crippen molar-refractivity contribution in [3.05, 3.63) is 47.5 Å². The van der Waals surface area contributed by atoms with Gasteiger partial charge in [0.05, 0.1) is 6.26 Å². The average Bonchev–Trinajstić information content (AvgIpc) is 2.57. The Kier molecular flexibility index (Phi) is 2.10. The number of allylic oxidation sites excluding steroid dienone is 4. The first-order chi connectivity index (χ1) is 7.67. The van der Waals surface area contributed by atoms with Crippen LogP contribution in [0.2, 0.25) is 0 Å². The van der Waals surface area contributed by atoms with Crippen molar-refractivity contribution in [2.75, 3.05) is 0 Å². The van der Waals surface area contributed by atoms with Crippen molar-refractivity contribution in [2.45, 2.75) is 33.1 Å². The zero-order valence-corrected chi connectivity index (χ0v) is 9.99. The Morgan fingerprint density at radius 1 is 1.38 bits per heavy atom. The van der Waals surface area contributed by atoms with Crippen molar-refractivity contribution in [3.8, 4) is 0 Å². The minimum Gasteiger partial charge on any atom is -0.469 e. The maximum absolute atomic E-state index is 5.59. The number of rotatable bonds is 0. The largest absolute Gasteiger partial charge is 0.469 e. The predicted molar refractivity (Wildman–Crippen MR) is 65.2 cm³/mol.